The van der Waals surface area contributed by atoms with E-state index in [1.165, 1.54) is 7.11 Å². The number of hydrogen-bond acceptors (Lipinski definition) is 6. The third-order valence-corrected chi connectivity index (χ3v) is 5.14. The summed E-state index contributed by atoms with van der Waals surface area (Å²) in [5, 5.41) is 7.44. The predicted molar refractivity (Wildman–Crippen MR) is 110 cm³/mol. The molecule has 1 fully saturated rings. The van der Waals surface area contributed by atoms with Crippen LogP contribution in [0, 0.1) is 0 Å². The summed E-state index contributed by atoms with van der Waals surface area (Å²) in [5.74, 6) is 1.23. The molecule has 0 aliphatic carbocycles. The Bertz CT molecular complexity index is 923. The van der Waals surface area contributed by atoms with Crippen LogP contribution in [-0.4, -0.2) is 45.9 Å². The van der Waals surface area contributed by atoms with Crippen molar-refractivity contribution in [1.29, 1.82) is 0 Å². The Labute approximate surface area is 169 Å². The highest BCUT2D eigenvalue weighted by Gasteiger charge is 2.26. The first kappa shape index (κ1) is 19.1. The van der Waals surface area contributed by atoms with Crippen LogP contribution in [0.3, 0.4) is 0 Å². The molecular weight excluding hydrogens is 368 g/mol. The first-order valence-corrected chi connectivity index (χ1v) is 9.70. The molecule has 29 heavy (non-hydrogen) atoms. The molecule has 3 heterocycles. The van der Waals surface area contributed by atoms with Gasteiger partial charge in [-0.05, 0) is 24.5 Å². The van der Waals surface area contributed by atoms with Crippen molar-refractivity contribution in [2.75, 3.05) is 30.4 Å². The Morgan fingerprint density at radius 2 is 1.79 bits per heavy atom. The van der Waals surface area contributed by atoms with E-state index in [0.717, 1.165) is 37.4 Å². The molecule has 1 amide bonds. The van der Waals surface area contributed by atoms with E-state index in [1.807, 2.05) is 47.1 Å². The second-order valence-electron chi connectivity index (χ2n) is 6.94. The van der Waals surface area contributed by atoms with E-state index in [-0.39, 0.29) is 11.9 Å². The molecule has 1 atom stereocenters. The van der Waals surface area contributed by atoms with E-state index in [4.69, 9.17) is 4.74 Å². The lowest BCUT2D eigenvalue weighted by Gasteiger charge is -2.32. The summed E-state index contributed by atoms with van der Waals surface area (Å²) >= 11 is 0. The van der Waals surface area contributed by atoms with E-state index in [0.29, 0.717) is 5.82 Å². The number of nitrogens with one attached hydrogen (secondary N) is 1. The quantitative estimate of drug-likeness (QED) is 0.694. The number of aromatic nitrogens is 4. The monoisotopic (exact) mass is 392 g/mol. The van der Waals surface area contributed by atoms with Gasteiger partial charge in [0.25, 0.3) is 5.91 Å². The normalized spacial score (nSPS) is 15.8. The smallest absolute Gasteiger partial charge is 0.259 e. The number of amides is 1. The van der Waals surface area contributed by atoms with Gasteiger partial charge in [0, 0.05) is 38.7 Å². The number of piperidine rings is 1. The fraction of sp³-hybridized carbons (Fsp3) is 0.333. The minimum absolute atomic E-state index is 0.206. The number of ether oxygens (including phenoxy) is 1. The molecule has 150 valence electrons. The number of carbonyl (C=O) groups is 1. The molecule has 2 aromatic heterocycles. The Kier molecular flexibility index (Phi) is 5.81. The maximum Gasteiger partial charge on any atom is 0.259 e. The molecule has 0 unspecified atom stereocenters. The molecule has 0 spiro atoms. The van der Waals surface area contributed by atoms with Crippen molar-refractivity contribution in [3.8, 4) is 0 Å². The van der Waals surface area contributed by atoms with Crippen molar-refractivity contribution in [3.63, 3.8) is 0 Å². The lowest BCUT2D eigenvalue weighted by Crippen LogP contribution is -2.36. The van der Waals surface area contributed by atoms with E-state index in [2.05, 4.69) is 25.3 Å². The topological polar surface area (TPSA) is 85.2 Å². The van der Waals surface area contributed by atoms with E-state index in [1.54, 1.807) is 18.6 Å². The van der Waals surface area contributed by atoms with Crippen LogP contribution >= 0.6 is 0 Å². The van der Waals surface area contributed by atoms with Gasteiger partial charge in [-0.3, -0.25) is 4.79 Å². The maximum atomic E-state index is 12.8. The Hall–Kier alpha value is -3.26. The van der Waals surface area contributed by atoms with Gasteiger partial charge in [-0.2, -0.15) is 5.10 Å². The van der Waals surface area contributed by atoms with Gasteiger partial charge in [-0.1, -0.05) is 30.3 Å². The summed E-state index contributed by atoms with van der Waals surface area (Å²) < 4.78 is 7.33. The number of anilines is 2. The van der Waals surface area contributed by atoms with E-state index < -0.39 is 6.10 Å². The van der Waals surface area contributed by atoms with Gasteiger partial charge >= 0.3 is 0 Å². The maximum absolute atomic E-state index is 12.8. The summed E-state index contributed by atoms with van der Waals surface area (Å²) in [6.07, 6.45) is 6.36. The van der Waals surface area contributed by atoms with Crippen LogP contribution in [0.2, 0.25) is 0 Å². The molecular formula is C21H24N6O2. The first-order chi connectivity index (χ1) is 14.3. The highest BCUT2D eigenvalue weighted by atomic mass is 16.5. The number of benzene rings is 1. The summed E-state index contributed by atoms with van der Waals surface area (Å²) in [5.41, 5.74) is 0.815. The molecule has 1 aromatic carbocycles. The Morgan fingerprint density at radius 1 is 1.07 bits per heavy atom. The number of hydrogen-bond donors (Lipinski definition) is 1. The third kappa shape index (κ3) is 4.27. The minimum atomic E-state index is -0.670. The highest BCUT2D eigenvalue weighted by Crippen LogP contribution is 2.27. The number of methoxy groups -OCH3 is 1. The number of nitrogens with zero attached hydrogens (tertiary/aromatic N) is 5. The molecule has 0 radical (unpaired) electrons. The van der Waals surface area contributed by atoms with Crippen LogP contribution in [0.1, 0.15) is 30.6 Å². The SMILES string of the molecule is CO[C@H](C(=O)Nc1ccnn1C1CCN(c2ncccn2)CC1)c1ccccc1. The largest absolute Gasteiger partial charge is 0.367 e. The zero-order valence-electron chi connectivity index (χ0n) is 16.3. The van der Waals surface area contributed by atoms with E-state index >= 15 is 0 Å². The minimum Gasteiger partial charge on any atom is -0.367 e. The van der Waals surface area contributed by atoms with Crippen LogP contribution in [0.4, 0.5) is 11.8 Å². The van der Waals surface area contributed by atoms with Gasteiger partial charge in [0.2, 0.25) is 5.95 Å². The molecule has 1 saturated heterocycles. The van der Waals surface area contributed by atoms with Crippen LogP contribution in [0.25, 0.3) is 0 Å². The fourth-order valence-corrected chi connectivity index (χ4v) is 3.68. The van der Waals surface area contributed by atoms with Crippen molar-refractivity contribution < 1.29 is 9.53 Å². The zero-order valence-corrected chi connectivity index (χ0v) is 16.3. The summed E-state index contributed by atoms with van der Waals surface area (Å²) in [6, 6.07) is 13.3. The van der Waals surface area contributed by atoms with Crippen LogP contribution in [0.15, 0.2) is 61.1 Å². The Balaban J connectivity index is 1.42. The van der Waals surface area contributed by atoms with Crippen molar-refractivity contribution in [3.05, 3.63) is 66.6 Å². The van der Waals surface area contributed by atoms with Gasteiger partial charge in [0.05, 0.1) is 12.2 Å². The zero-order chi connectivity index (χ0) is 20.1. The van der Waals surface area contributed by atoms with Crippen molar-refractivity contribution in [1.82, 2.24) is 19.7 Å². The average molecular weight is 392 g/mol. The van der Waals surface area contributed by atoms with Gasteiger partial charge in [-0.25, -0.2) is 14.6 Å². The second kappa shape index (κ2) is 8.83. The predicted octanol–water partition coefficient (Wildman–Crippen LogP) is 2.84. The van der Waals surface area contributed by atoms with Crippen molar-refractivity contribution >= 4 is 17.7 Å². The van der Waals surface area contributed by atoms with Crippen LogP contribution in [0.5, 0.6) is 0 Å². The molecule has 0 saturated carbocycles. The lowest BCUT2D eigenvalue weighted by atomic mass is 10.1. The third-order valence-electron chi connectivity index (χ3n) is 5.14. The summed E-state index contributed by atoms with van der Waals surface area (Å²) in [4.78, 5) is 23.6. The van der Waals surface area contributed by atoms with Gasteiger partial charge in [0.15, 0.2) is 6.10 Å². The van der Waals surface area contributed by atoms with Crippen LogP contribution < -0.4 is 10.2 Å². The highest BCUT2D eigenvalue weighted by molar-refractivity contribution is 5.94. The molecule has 8 nitrogen and oxygen atoms in total. The van der Waals surface area contributed by atoms with Crippen molar-refractivity contribution in [2.24, 2.45) is 0 Å². The molecule has 1 aliphatic heterocycles. The van der Waals surface area contributed by atoms with Gasteiger partial charge in [0.1, 0.15) is 5.82 Å². The van der Waals surface area contributed by atoms with Crippen LogP contribution in [-0.2, 0) is 9.53 Å². The second-order valence-corrected chi connectivity index (χ2v) is 6.94. The van der Waals surface area contributed by atoms with Gasteiger partial charge in [-0.15, -0.1) is 0 Å². The average Bonchev–Trinajstić information content (AvgIpc) is 3.24. The summed E-state index contributed by atoms with van der Waals surface area (Å²) in [6.45, 7) is 1.68. The Morgan fingerprint density at radius 3 is 2.48 bits per heavy atom. The van der Waals surface area contributed by atoms with Crippen molar-refractivity contribution in [2.45, 2.75) is 25.0 Å². The molecule has 8 heteroatoms. The van der Waals surface area contributed by atoms with E-state index in [9.17, 15) is 4.79 Å². The fourth-order valence-electron chi connectivity index (χ4n) is 3.68. The molecule has 1 aliphatic rings. The number of carbonyl (C=O) groups excluding carboxylic acids is 1. The summed E-state index contributed by atoms with van der Waals surface area (Å²) in [7, 11) is 1.54. The standard InChI is InChI=1S/C21H24N6O2/c1-29-19(16-6-3-2-4-7-16)20(28)25-18-8-13-24-27(18)17-9-14-26(15-10-17)21-22-11-5-12-23-21/h2-8,11-13,17,19H,9-10,14-15H2,1H3,(H,25,28)/t19-/m0/s1. The number of rotatable bonds is 6. The van der Waals surface area contributed by atoms with Gasteiger partial charge < -0.3 is 15.0 Å². The lowest BCUT2D eigenvalue weighted by molar-refractivity contribution is -0.126. The molecule has 4 rings (SSSR count). The molecule has 3 aromatic rings. The first-order valence-electron chi connectivity index (χ1n) is 9.70. The molecule has 0 bridgehead atoms. The molecule has 1 N–H and O–H groups in total.